The Labute approximate surface area is 103 Å². The van der Waals surface area contributed by atoms with Gasteiger partial charge in [0.25, 0.3) is 0 Å². The first-order valence-corrected chi connectivity index (χ1v) is 6.63. The molecule has 2 aromatic rings. The number of aromatic nitrogens is 2. The number of rotatable bonds is 2. The Balaban J connectivity index is 2.11. The van der Waals surface area contributed by atoms with E-state index in [1.165, 1.54) is 12.2 Å². The van der Waals surface area contributed by atoms with Crippen LogP contribution in [0.15, 0.2) is 24.4 Å². The van der Waals surface area contributed by atoms with Gasteiger partial charge in [-0.05, 0) is 30.7 Å². The molecule has 4 nitrogen and oxygen atoms in total. The van der Waals surface area contributed by atoms with Gasteiger partial charge in [0.2, 0.25) is 0 Å². The number of fused-ring (bicyclic) bond motifs is 1. The average Bonchev–Trinajstić information content (AvgIpc) is 2.96. The molecule has 1 aliphatic rings. The van der Waals surface area contributed by atoms with Gasteiger partial charge in [-0.15, -0.1) is 0 Å². The number of thioether (sulfide) groups is 1. The van der Waals surface area contributed by atoms with Crippen LogP contribution in [0.1, 0.15) is 34.3 Å². The summed E-state index contributed by atoms with van der Waals surface area (Å²) in [6.07, 6.45) is 4.22. The maximum atomic E-state index is 11.1. The van der Waals surface area contributed by atoms with Crippen LogP contribution in [-0.2, 0) is 0 Å². The van der Waals surface area contributed by atoms with E-state index in [2.05, 4.69) is 4.98 Å². The van der Waals surface area contributed by atoms with Gasteiger partial charge in [0.1, 0.15) is 11.3 Å². The lowest BCUT2D eigenvalue weighted by Gasteiger charge is -2.01. The predicted molar refractivity (Wildman–Crippen MR) is 66.6 cm³/mol. The lowest BCUT2D eigenvalue weighted by molar-refractivity contribution is 0.0689. The van der Waals surface area contributed by atoms with Gasteiger partial charge in [-0.3, -0.25) is 4.40 Å². The summed E-state index contributed by atoms with van der Waals surface area (Å²) in [6, 6.07) is 5.18. The van der Waals surface area contributed by atoms with E-state index < -0.39 is 5.97 Å². The van der Waals surface area contributed by atoms with Crippen molar-refractivity contribution in [2.24, 2.45) is 0 Å². The molecule has 3 heterocycles. The van der Waals surface area contributed by atoms with E-state index in [0.717, 1.165) is 12.1 Å². The molecule has 0 aromatic carbocycles. The van der Waals surface area contributed by atoms with Gasteiger partial charge in [-0.1, -0.05) is 6.07 Å². The van der Waals surface area contributed by atoms with Crippen molar-refractivity contribution in [1.29, 1.82) is 0 Å². The molecule has 0 saturated carbocycles. The number of nitrogens with zero attached hydrogens (tertiary/aromatic N) is 2. The number of hydrogen-bond donors (Lipinski definition) is 1. The minimum Gasteiger partial charge on any atom is -0.477 e. The predicted octanol–water partition coefficient (Wildman–Crippen LogP) is 2.60. The van der Waals surface area contributed by atoms with Gasteiger partial charge in [-0.25, -0.2) is 9.78 Å². The number of aromatic carboxylic acids is 1. The van der Waals surface area contributed by atoms with Crippen LogP contribution in [0.25, 0.3) is 5.65 Å². The number of pyridine rings is 1. The highest BCUT2D eigenvalue weighted by molar-refractivity contribution is 7.99. The maximum absolute atomic E-state index is 11.1. The number of carboxylic acid groups (broad SMARTS) is 1. The Kier molecular flexibility index (Phi) is 2.55. The fourth-order valence-electron chi connectivity index (χ4n) is 2.17. The zero-order valence-electron chi connectivity index (χ0n) is 9.17. The van der Waals surface area contributed by atoms with Crippen molar-refractivity contribution < 1.29 is 9.90 Å². The normalized spacial score (nSPS) is 19.9. The lowest BCUT2D eigenvalue weighted by atomic mass is 10.2. The van der Waals surface area contributed by atoms with Crippen molar-refractivity contribution >= 4 is 23.4 Å². The summed E-state index contributed by atoms with van der Waals surface area (Å²) < 4.78 is 1.66. The Morgan fingerprint density at radius 3 is 3.12 bits per heavy atom. The van der Waals surface area contributed by atoms with Crippen LogP contribution in [0, 0.1) is 0 Å². The van der Waals surface area contributed by atoms with E-state index in [1.54, 1.807) is 16.5 Å². The van der Waals surface area contributed by atoms with E-state index in [1.807, 2.05) is 24.0 Å². The maximum Gasteiger partial charge on any atom is 0.352 e. The summed E-state index contributed by atoms with van der Waals surface area (Å²) in [5, 5.41) is 9.53. The van der Waals surface area contributed by atoms with Crippen molar-refractivity contribution in [3.8, 4) is 0 Å². The Morgan fingerprint density at radius 2 is 2.41 bits per heavy atom. The number of carboxylic acids is 1. The first kappa shape index (κ1) is 10.7. The highest BCUT2D eigenvalue weighted by Crippen LogP contribution is 2.39. The Bertz CT molecular complexity index is 573. The molecule has 2 aromatic heterocycles. The van der Waals surface area contributed by atoms with Crippen molar-refractivity contribution in [2.45, 2.75) is 18.1 Å². The van der Waals surface area contributed by atoms with E-state index in [-0.39, 0.29) is 5.69 Å². The van der Waals surface area contributed by atoms with Gasteiger partial charge >= 0.3 is 5.97 Å². The third-order valence-electron chi connectivity index (χ3n) is 2.99. The monoisotopic (exact) mass is 248 g/mol. The molecular formula is C12H12N2O2S. The largest absolute Gasteiger partial charge is 0.477 e. The third kappa shape index (κ3) is 1.80. The fourth-order valence-corrected chi connectivity index (χ4v) is 3.41. The van der Waals surface area contributed by atoms with Crippen molar-refractivity contribution in [3.63, 3.8) is 0 Å². The van der Waals surface area contributed by atoms with E-state index in [4.69, 9.17) is 5.11 Å². The summed E-state index contributed by atoms with van der Waals surface area (Å²) in [5.41, 5.74) is 1.98. The van der Waals surface area contributed by atoms with Crippen LogP contribution in [0.5, 0.6) is 0 Å². The second-order valence-electron chi connectivity index (χ2n) is 4.11. The highest BCUT2D eigenvalue weighted by atomic mass is 32.2. The molecule has 1 aliphatic heterocycles. The van der Waals surface area contributed by atoms with Crippen LogP contribution in [-0.4, -0.2) is 26.2 Å². The van der Waals surface area contributed by atoms with E-state index in [0.29, 0.717) is 10.9 Å². The summed E-state index contributed by atoms with van der Waals surface area (Å²) in [6.45, 7) is 0. The Morgan fingerprint density at radius 1 is 1.53 bits per heavy atom. The minimum absolute atomic E-state index is 0.268. The lowest BCUT2D eigenvalue weighted by Crippen LogP contribution is -2.03. The smallest absolute Gasteiger partial charge is 0.352 e. The molecule has 3 rings (SSSR count). The summed E-state index contributed by atoms with van der Waals surface area (Å²) in [7, 11) is 0. The molecular weight excluding hydrogens is 236 g/mol. The zero-order valence-corrected chi connectivity index (χ0v) is 9.98. The molecule has 1 fully saturated rings. The van der Waals surface area contributed by atoms with Crippen LogP contribution < -0.4 is 0 Å². The quantitative estimate of drug-likeness (QED) is 0.887. The molecule has 0 spiro atoms. The number of carbonyl (C=O) groups is 1. The summed E-state index contributed by atoms with van der Waals surface area (Å²) in [4.78, 5) is 15.6. The standard InChI is InChI=1S/C12H12N2O2S/c15-12(16)9-3-1-5-11-13-8(7-14(9)11)10-4-2-6-17-10/h1,3,5,7,10H,2,4,6H2,(H,15,16). The molecule has 0 bridgehead atoms. The second-order valence-corrected chi connectivity index (χ2v) is 5.42. The van der Waals surface area contributed by atoms with Gasteiger partial charge in [0.05, 0.1) is 5.69 Å². The topological polar surface area (TPSA) is 54.6 Å². The average molecular weight is 248 g/mol. The SMILES string of the molecule is O=C(O)c1cccc2nc(C3CCCS3)cn12. The fraction of sp³-hybridized carbons (Fsp3) is 0.333. The third-order valence-corrected chi connectivity index (χ3v) is 4.39. The number of hydrogen-bond acceptors (Lipinski definition) is 3. The first-order valence-electron chi connectivity index (χ1n) is 5.58. The van der Waals surface area contributed by atoms with Gasteiger partial charge in [0.15, 0.2) is 0 Å². The van der Waals surface area contributed by atoms with Crippen molar-refractivity contribution in [3.05, 3.63) is 35.8 Å². The van der Waals surface area contributed by atoms with Crippen LogP contribution >= 0.6 is 11.8 Å². The first-order chi connectivity index (χ1) is 8.25. The molecule has 0 aliphatic carbocycles. The molecule has 1 N–H and O–H groups in total. The van der Waals surface area contributed by atoms with E-state index in [9.17, 15) is 4.79 Å². The molecule has 1 unspecified atom stereocenters. The number of imidazole rings is 1. The molecule has 1 atom stereocenters. The second kappa shape index (κ2) is 4.07. The summed E-state index contributed by atoms with van der Waals surface area (Å²) in [5.74, 6) is 0.253. The molecule has 1 saturated heterocycles. The van der Waals surface area contributed by atoms with Gasteiger partial charge in [-0.2, -0.15) is 11.8 Å². The van der Waals surface area contributed by atoms with E-state index >= 15 is 0 Å². The molecule has 0 radical (unpaired) electrons. The molecule has 88 valence electrons. The van der Waals surface area contributed by atoms with Crippen molar-refractivity contribution in [1.82, 2.24) is 9.38 Å². The molecule has 5 heteroatoms. The van der Waals surface area contributed by atoms with Crippen molar-refractivity contribution in [2.75, 3.05) is 5.75 Å². The minimum atomic E-state index is -0.918. The van der Waals surface area contributed by atoms with Crippen LogP contribution in [0.3, 0.4) is 0 Å². The van der Waals surface area contributed by atoms with Crippen LogP contribution in [0.4, 0.5) is 0 Å². The zero-order chi connectivity index (χ0) is 11.8. The van der Waals surface area contributed by atoms with Crippen LogP contribution in [0.2, 0.25) is 0 Å². The molecule has 0 amide bonds. The summed E-state index contributed by atoms with van der Waals surface area (Å²) >= 11 is 1.90. The Hall–Kier alpha value is -1.49. The highest BCUT2D eigenvalue weighted by Gasteiger charge is 2.21. The van der Waals surface area contributed by atoms with Gasteiger partial charge in [0, 0.05) is 11.4 Å². The van der Waals surface area contributed by atoms with Gasteiger partial charge < -0.3 is 5.11 Å². The molecule has 17 heavy (non-hydrogen) atoms.